The monoisotopic (exact) mass is 229 g/mol. The first-order valence-electron chi connectivity index (χ1n) is 5.73. The fourth-order valence-electron chi connectivity index (χ4n) is 1.97. The highest BCUT2D eigenvalue weighted by atomic mass is 32.2. The number of carbonyl (C=O) groups is 1. The molecule has 2 saturated heterocycles. The van der Waals surface area contributed by atoms with Gasteiger partial charge < -0.3 is 5.32 Å². The van der Waals surface area contributed by atoms with Gasteiger partial charge in [-0.15, -0.1) is 0 Å². The van der Waals surface area contributed by atoms with Crippen LogP contribution in [0.4, 0.5) is 0 Å². The molecule has 0 saturated carbocycles. The Kier molecular flexibility index (Phi) is 4.29. The second-order valence-electron chi connectivity index (χ2n) is 4.11. The lowest BCUT2D eigenvalue weighted by atomic mass is 10.2. The molecular formula is C10H19N3OS. The van der Waals surface area contributed by atoms with Crippen molar-refractivity contribution >= 4 is 17.7 Å². The van der Waals surface area contributed by atoms with Crippen LogP contribution >= 0.6 is 11.8 Å². The SMILES string of the molecule is O=C(NN1CCCCC1)C1CSCCN1. The smallest absolute Gasteiger partial charge is 0.252 e. The van der Waals surface area contributed by atoms with E-state index in [0.717, 1.165) is 31.1 Å². The zero-order valence-corrected chi connectivity index (χ0v) is 9.81. The van der Waals surface area contributed by atoms with Gasteiger partial charge in [0.15, 0.2) is 0 Å². The van der Waals surface area contributed by atoms with E-state index >= 15 is 0 Å². The Balaban J connectivity index is 1.74. The topological polar surface area (TPSA) is 44.4 Å². The molecule has 2 rings (SSSR count). The number of rotatable bonds is 2. The predicted molar refractivity (Wildman–Crippen MR) is 62.7 cm³/mol. The maximum Gasteiger partial charge on any atom is 0.252 e. The first kappa shape index (κ1) is 11.2. The summed E-state index contributed by atoms with van der Waals surface area (Å²) in [6, 6.07) is 0.00526. The lowest BCUT2D eigenvalue weighted by Gasteiger charge is -2.30. The van der Waals surface area contributed by atoms with Gasteiger partial charge in [0, 0.05) is 31.1 Å². The second-order valence-corrected chi connectivity index (χ2v) is 5.26. The molecule has 0 bridgehead atoms. The molecule has 2 aliphatic rings. The van der Waals surface area contributed by atoms with E-state index < -0.39 is 0 Å². The normalized spacial score (nSPS) is 28.7. The average Bonchev–Trinajstić information content (AvgIpc) is 2.31. The van der Waals surface area contributed by atoms with E-state index in [-0.39, 0.29) is 11.9 Å². The van der Waals surface area contributed by atoms with E-state index in [4.69, 9.17) is 0 Å². The van der Waals surface area contributed by atoms with Crippen molar-refractivity contribution in [3.05, 3.63) is 0 Å². The maximum absolute atomic E-state index is 11.8. The molecule has 2 aliphatic heterocycles. The number of amides is 1. The molecule has 0 aromatic rings. The highest BCUT2D eigenvalue weighted by molar-refractivity contribution is 7.99. The van der Waals surface area contributed by atoms with Gasteiger partial charge in [-0.05, 0) is 12.8 Å². The van der Waals surface area contributed by atoms with Gasteiger partial charge in [-0.25, -0.2) is 5.01 Å². The number of nitrogens with one attached hydrogen (secondary N) is 2. The molecule has 4 nitrogen and oxygen atoms in total. The van der Waals surface area contributed by atoms with Crippen molar-refractivity contribution in [2.45, 2.75) is 25.3 Å². The summed E-state index contributed by atoms with van der Waals surface area (Å²) in [5.74, 6) is 2.16. The van der Waals surface area contributed by atoms with Crippen molar-refractivity contribution in [3.63, 3.8) is 0 Å². The number of nitrogens with zero attached hydrogens (tertiary/aromatic N) is 1. The summed E-state index contributed by atoms with van der Waals surface area (Å²) in [6.07, 6.45) is 3.70. The minimum Gasteiger partial charge on any atom is -0.304 e. The van der Waals surface area contributed by atoms with Gasteiger partial charge in [0.1, 0.15) is 0 Å². The van der Waals surface area contributed by atoms with Crippen LogP contribution in [0.3, 0.4) is 0 Å². The van der Waals surface area contributed by atoms with Crippen LogP contribution in [0.15, 0.2) is 0 Å². The van der Waals surface area contributed by atoms with Crippen molar-refractivity contribution in [2.24, 2.45) is 0 Å². The molecule has 0 radical (unpaired) electrons. The highest BCUT2D eigenvalue weighted by Crippen LogP contribution is 2.09. The van der Waals surface area contributed by atoms with E-state index in [1.54, 1.807) is 0 Å². The molecule has 2 N–H and O–H groups in total. The van der Waals surface area contributed by atoms with Crippen LogP contribution in [0.1, 0.15) is 19.3 Å². The lowest BCUT2D eigenvalue weighted by Crippen LogP contribution is -2.54. The molecule has 5 heteroatoms. The van der Waals surface area contributed by atoms with Gasteiger partial charge >= 0.3 is 0 Å². The Labute approximate surface area is 95.1 Å². The van der Waals surface area contributed by atoms with Crippen molar-refractivity contribution < 1.29 is 4.79 Å². The van der Waals surface area contributed by atoms with Gasteiger partial charge in [-0.3, -0.25) is 10.2 Å². The summed E-state index contributed by atoms with van der Waals surface area (Å²) in [7, 11) is 0. The summed E-state index contributed by atoms with van der Waals surface area (Å²) in [5.41, 5.74) is 3.01. The van der Waals surface area contributed by atoms with E-state index in [2.05, 4.69) is 15.8 Å². The molecule has 1 amide bonds. The Morgan fingerprint density at radius 3 is 2.80 bits per heavy atom. The van der Waals surface area contributed by atoms with Crippen LogP contribution in [0.25, 0.3) is 0 Å². The summed E-state index contributed by atoms with van der Waals surface area (Å²) in [5, 5.41) is 5.31. The summed E-state index contributed by atoms with van der Waals surface area (Å²) in [6.45, 7) is 2.96. The summed E-state index contributed by atoms with van der Waals surface area (Å²) >= 11 is 1.85. The Hall–Kier alpha value is -0.260. The van der Waals surface area contributed by atoms with E-state index in [1.165, 1.54) is 19.3 Å². The number of piperidine rings is 1. The molecule has 0 aromatic heterocycles. The molecule has 0 spiro atoms. The first-order chi connectivity index (χ1) is 7.36. The van der Waals surface area contributed by atoms with Gasteiger partial charge in [0.25, 0.3) is 5.91 Å². The Morgan fingerprint density at radius 1 is 1.33 bits per heavy atom. The number of carbonyl (C=O) groups excluding carboxylic acids is 1. The molecule has 1 atom stereocenters. The van der Waals surface area contributed by atoms with Crippen molar-refractivity contribution in [2.75, 3.05) is 31.1 Å². The molecule has 2 heterocycles. The summed E-state index contributed by atoms with van der Waals surface area (Å²) in [4.78, 5) is 11.8. The lowest BCUT2D eigenvalue weighted by molar-refractivity contribution is -0.128. The molecule has 86 valence electrons. The standard InChI is InChI=1S/C10H19N3OS/c14-10(9-8-15-7-4-11-9)12-13-5-2-1-3-6-13/h9,11H,1-8H2,(H,12,14). The predicted octanol–water partition coefficient (Wildman–Crippen LogP) is 0.208. The van der Waals surface area contributed by atoms with E-state index in [0.29, 0.717) is 0 Å². The third-order valence-corrected chi connectivity index (χ3v) is 3.92. The third-order valence-electron chi connectivity index (χ3n) is 2.86. The molecule has 0 aromatic carbocycles. The largest absolute Gasteiger partial charge is 0.304 e. The van der Waals surface area contributed by atoms with Crippen LogP contribution in [0, 0.1) is 0 Å². The van der Waals surface area contributed by atoms with Gasteiger partial charge in [-0.1, -0.05) is 6.42 Å². The quantitative estimate of drug-likeness (QED) is 0.710. The number of hydrogen-bond donors (Lipinski definition) is 2. The third kappa shape index (κ3) is 3.36. The second kappa shape index (κ2) is 5.72. The van der Waals surface area contributed by atoms with Gasteiger partial charge in [-0.2, -0.15) is 11.8 Å². The highest BCUT2D eigenvalue weighted by Gasteiger charge is 2.22. The Morgan fingerprint density at radius 2 is 2.13 bits per heavy atom. The zero-order chi connectivity index (χ0) is 10.5. The van der Waals surface area contributed by atoms with Gasteiger partial charge in [0.2, 0.25) is 0 Å². The molecule has 15 heavy (non-hydrogen) atoms. The van der Waals surface area contributed by atoms with Crippen LogP contribution in [-0.2, 0) is 4.79 Å². The van der Waals surface area contributed by atoms with Crippen LogP contribution < -0.4 is 10.7 Å². The number of hydrogen-bond acceptors (Lipinski definition) is 4. The number of thioether (sulfide) groups is 1. The van der Waals surface area contributed by atoms with Crippen LogP contribution in [-0.4, -0.2) is 48.1 Å². The van der Waals surface area contributed by atoms with Gasteiger partial charge in [0.05, 0.1) is 6.04 Å². The minimum atomic E-state index is 0.00526. The molecule has 1 unspecified atom stereocenters. The van der Waals surface area contributed by atoms with Crippen molar-refractivity contribution in [1.29, 1.82) is 0 Å². The maximum atomic E-state index is 11.8. The van der Waals surface area contributed by atoms with Crippen molar-refractivity contribution in [1.82, 2.24) is 15.8 Å². The summed E-state index contributed by atoms with van der Waals surface area (Å²) < 4.78 is 0. The van der Waals surface area contributed by atoms with Crippen molar-refractivity contribution in [3.8, 4) is 0 Å². The molecule has 0 aliphatic carbocycles. The molecule has 2 fully saturated rings. The van der Waals surface area contributed by atoms with Crippen LogP contribution in [0.2, 0.25) is 0 Å². The first-order valence-corrected chi connectivity index (χ1v) is 6.88. The average molecular weight is 229 g/mol. The number of hydrazine groups is 1. The van der Waals surface area contributed by atoms with E-state index in [9.17, 15) is 4.79 Å². The Bertz CT molecular complexity index is 213. The fourth-order valence-corrected chi connectivity index (χ4v) is 2.91. The van der Waals surface area contributed by atoms with E-state index in [1.807, 2.05) is 11.8 Å². The minimum absolute atomic E-state index is 0.00526. The van der Waals surface area contributed by atoms with Crippen LogP contribution in [0.5, 0.6) is 0 Å². The zero-order valence-electron chi connectivity index (χ0n) is 9.00. The molecular weight excluding hydrogens is 210 g/mol. The fraction of sp³-hybridized carbons (Fsp3) is 0.900.